The molecule has 27 heavy (non-hydrogen) atoms. The zero-order valence-corrected chi connectivity index (χ0v) is 18.8. The van der Waals surface area contributed by atoms with E-state index in [4.69, 9.17) is 14.1 Å². The molecular formula is C20H35IN4O2. The van der Waals surface area contributed by atoms with E-state index in [1.807, 2.05) is 12.1 Å². The molecule has 3 heterocycles. The monoisotopic (exact) mass is 490 g/mol. The molecule has 1 aromatic rings. The molecule has 3 rings (SSSR count). The zero-order chi connectivity index (χ0) is 18.0. The Morgan fingerprint density at radius 3 is 2.81 bits per heavy atom. The van der Waals surface area contributed by atoms with Crippen LogP contribution in [0.15, 0.2) is 27.8 Å². The molecule has 7 heteroatoms. The van der Waals surface area contributed by atoms with Crippen molar-refractivity contribution in [1.29, 1.82) is 0 Å². The minimum atomic E-state index is 0. The molecule has 0 bridgehead atoms. The smallest absolute Gasteiger partial charge is 0.191 e. The number of piperidine rings is 1. The number of guanidine groups is 1. The summed E-state index contributed by atoms with van der Waals surface area (Å²) in [5.41, 5.74) is 0. The Kier molecular flexibility index (Phi) is 10.5. The first-order valence-corrected chi connectivity index (χ1v) is 10.2. The third kappa shape index (κ3) is 7.99. The number of halogens is 1. The standard InChI is InChI=1S/C20H34N4O2.HI/c1-2-9-21-20(22-10-5-19-4-3-13-26-19)23-18-6-11-24(12-7-18)15-17-8-14-25-16-17;/h3-4,13,17-18H,2,5-12,14-16H2,1H3,(H2,21,22,23);1H. The molecule has 0 radical (unpaired) electrons. The first-order chi connectivity index (χ1) is 12.8. The van der Waals surface area contributed by atoms with Gasteiger partial charge < -0.3 is 24.7 Å². The second-order valence-electron chi connectivity index (χ2n) is 7.44. The fourth-order valence-corrected chi connectivity index (χ4v) is 3.68. The summed E-state index contributed by atoms with van der Waals surface area (Å²) in [6.45, 7) is 9.29. The number of rotatable bonds is 8. The van der Waals surface area contributed by atoms with E-state index in [9.17, 15) is 0 Å². The van der Waals surface area contributed by atoms with E-state index in [0.717, 1.165) is 56.8 Å². The highest BCUT2D eigenvalue weighted by Crippen LogP contribution is 2.17. The summed E-state index contributed by atoms with van der Waals surface area (Å²) < 4.78 is 10.9. The van der Waals surface area contributed by atoms with E-state index in [2.05, 4.69) is 22.5 Å². The van der Waals surface area contributed by atoms with Crippen LogP contribution in [0.1, 0.15) is 38.4 Å². The molecule has 2 saturated heterocycles. The van der Waals surface area contributed by atoms with Crippen LogP contribution < -0.4 is 10.6 Å². The fourth-order valence-electron chi connectivity index (χ4n) is 3.68. The molecule has 0 aliphatic carbocycles. The van der Waals surface area contributed by atoms with Gasteiger partial charge in [-0.15, -0.1) is 24.0 Å². The normalized spacial score (nSPS) is 21.8. The quantitative estimate of drug-likeness (QED) is 0.334. The molecule has 0 saturated carbocycles. The van der Waals surface area contributed by atoms with Gasteiger partial charge >= 0.3 is 0 Å². The van der Waals surface area contributed by atoms with Crippen molar-refractivity contribution in [3.8, 4) is 0 Å². The van der Waals surface area contributed by atoms with Crippen molar-refractivity contribution in [2.75, 3.05) is 45.9 Å². The van der Waals surface area contributed by atoms with Crippen LogP contribution in [0.2, 0.25) is 0 Å². The Morgan fingerprint density at radius 2 is 2.15 bits per heavy atom. The Bertz CT molecular complexity index is 524. The minimum Gasteiger partial charge on any atom is -0.469 e. The highest BCUT2D eigenvalue weighted by atomic mass is 127. The van der Waals surface area contributed by atoms with Crippen LogP contribution in [0.4, 0.5) is 0 Å². The topological polar surface area (TPSA) is 62.0 Å². The molecule has 2 fully saturated rings. The third-order valence-corrected chi connectivity index (χ3v) is 5.21. The molecule has 6 nitrogen and oxygen atoms in total. The van der Waals surface area contributed by atoms with Gasteiger partial charge in [-0.2, -0.15) is 0 Å². The SMILES string of the molecule is CCCN=C(NCCc1ccco1)NC1CCN(CC2CCOC2)CC1.I. The molecular weight excluding hydrogens is 455 g/mol. The first-order valence-electron chi connectivity index (χ1n) is 10.2. The van der Waals surface area contributed by atoms with Crippen molar-refractivity contribution < 1.29 is 9.15 Å². The van der Waals surface area contributed by atoms with E-state index in [1.165, 1.54) is 38.9 Å². The predicted molar refractivity (Wildman–Crippen MR) is 120 cm³/mol. The van der Waals surface area contributed by atoms with E-state index in [1.54, 1.807) is 6.26 Å². The number of nitrogens with one attached hydrogen (secondary N) is 2. The van der Waals surface area contributed by atoms with Gasteiger partial charge in [0.25, 0.3) is 0 Å². The molecule has 1 aromatic heterocycles. The molecule has 154 valence electrons. The van der Waals surface area contributed by atoms with E-state index in [0.29, 0.717) is 6.04 Å². The average molecular weight is 490 g/mol. The van der Waals surface area contributed by atoms with Gasteiger partial charge in [0.2, 0.25) is 0 Å². The number of hydrogen-bond donors (Lipinski definition) is 2. The van der Waals surface area contributed by atoms with Crippen molar-refractivity contribution in [3.63, 3.8) is 0 Å². The van der Waals surface area contributed by atoms with E-state index in [-0.39, 0.29) is 24.0 Å². The second-order valence-corrected chi connectivity index (χ2v) is 7.44. The van der Waals surface area contributed by atoms with Crippen molar-refractivity contribution >= 4 is 29.9 Å². The van der Waals surface area contributed by atoms with Gasteiger partial charge in [0.05, 0.1) is 12.9 Å². The first kappa shape index (κ1) is 22.5. The number of furan rings is 1. The van der Waals surface area contributed by atoms with Crippen LogP contribution in [0.25, 0.3) is 0 Å². The Morgan fingerprint density at radius 1 is 1.30 bits per heavy atom. The number of nitrogens with zero attached hydrogens (tertiary/aromatic N) is 2. The Balaban J connectivity index is 0.00000261. The largest absolute Gasteiger partial charge is 0.469 e. The molecule has 2 aliphatic rings. The van der Waals surface area contributed by atoms with Gasteiger partial charge in [0.1, 0.15) is 5.76 Å². The Hall–Kier alpha value is -0.800. The van der Waals surface area contributed by atoms with E-state index >= 15 is 0 Å². The molecule has 1 atom stereocenters. The summed E-state index contributed by atoms with van der Waals surface area (Å²) in [5.74, 6) is 2.70. The van der Waals surface area contributed by atoms with Crippen molar-refractivity contribution in [1.82, 2.24) is 15.5 Å². The highest BCUT2D eigenvalue weighted by Gasteiger charge is 2.24. The summed E-state index contributed by atoms with van der Waals surface area (Å²) in [5, 5.41) is 7.10. The van der Waals surface area contributed by atoms with Crippen molar-refractivity contribution in [3.05, 3.63) is 24.2 Å². The minimum absolute atomic E-state index is 0. The zero-order valence-electron chi connectivity index (χ0n) is 16.5. The Labute approximate surface area is 180 Å². The van der Waals surface area contributed by atoms with Crippen LogP contribution >= 0.6 is 24.0 Å². The maximum absolute atomic E-state index is 5.50. The van der Waals surface area contributed by atoms with E-state index < -0.39 is 0 Å². The lowest BCUT2D eigenvalue weighted by molar-refractivity contribution is 0.150. The molecule has 1 unspecified atom stereocenters. The average Bonchev–Trinajstić information content (AvgIpc) is 3.35. The lowest BCUT2D eigenvalue weighted by Gasteiger charge is -2.34. The molecule has 2 aliphatic heterocycles. The third-order valence-electron chi connectivity index (χ3n) is 5.21. The summed E-state index contributed by atoms with van der Waals surface area (Å²) >= 11 is 0. The van der Waals surface area contributed by atoms with Gasteiger partial charge in [-0.1, -0.05) is 6.92 Å². The van der Waals surface area contributed by atoms with Crippen LogP contribution in [0.3, 0.4) is 0 Å². The van der Waals surface area contributed by atoms with Gasteiger partial charge in [0.15, 0.2) is 5.96 Å². The summed E-state index contributed by atoms with van der Waals surface area (Å²) in [7, 11) is 0. The van der Waals surface area contributed by atoms with Crippen LogP contribution in [-0.4, -0.2) is 62.8 Å². The van der Waals surface area contributed by atoms with Crippen LogP contribution in [-0.2, 0) is 11.2 Å². The number of likely N-dealkylation sites (tertiary alicyclic amines) is 1. The summed E-state index contributed by atoms with van der Waals surface area (Å²) in [6.07, 6.45) is 7.25. The van der Waals surface area contributed by atoms with Crippen molar-refractivity contribution in [2.45, 2.75) is 45.1 Å². The van der Waals surface area contributed by atoms with Gasteiger partial charge in [-0.3, -0.25) is 4.99 Å². The summed E-state index contributed by atoms with van der Waals surface area (Å²) in [6, 6.07) is 4.46. The van der Waals surface area contributed by atoms with Crippen LogP contribution in [0, 0.1) is 5.92 Å². The highest BCUT2D eigenvalue weighted by molar-refractivity contribution is 14.0. The predicted octanol–water partition coefficient (Wildman–Crippen LogP) is 2.89. The maximum atomic E-state index is 5.50. The molecule has 0 amide bonds. The van der Waals surface area contributed by atoms with Crippen LogP contribution in [0.5, 0.6) is 0 Å². The van der Waals surface area contributed by atoms with Crippen molar-refractivity contribution in [2.24, 2.45) is 10.9 Å². The van der Waals surface area contributed by atoms with Gasteiger partial charge in [0, 0.05) is 51.8 Å². The number of aliphatic imine (C=N–C) groups is 1. The maximum Gasteiger partial charge on any atom is 0.191 e. The lowest BCUT2D eigenvalue weighted by Crippen LogP contribution is -2.49. The number of hydrogen-bond acceptors (Lipinski definition) is 4. The van der Waals surface area contributed by atoms with Gasteiger partial charge in [-0.05, 0) is 43.7 Å². The fraction of sp³-hybridized carbons (Fsp3) is 0.750. The molecule has 2 N–H and O–H groups in total. The molecule has 0 aromatic carbocycles. The van der Waals surface area contributed by atoms with Gasteiger partial charge in [-0.25, -0.2) is 0 Å². The lowest BCUT2D eigenvalue weighted by atomic mass is 10.0. The molecule has 0 spiro atoms. The summed E-state index contributed by atoms with van der Waals surface area (Å²) in [4.78, 5) is 7.29. The second kappa shape index (κ2) is 12.6. The number of ether oxygens (including phenoxy) is 1.